The number of fused-ring (bicyclic) bond motifs is 1. The molecule has 2 aliphatic carbocycles. The molecule has 1 heterocycles. The van der Waals surface area contributed by atoms with Crippen molar-refractivity contribution in [3.63, 3.8) is 0 Å². The summed E-state index contributed by atoms with van der Waals surface area (Å²) in [5, 5.41) is 0.974. The first-order chi connectivity index (χ1) is 11.7. The third-order valence-electron chi connectivity index (χ3n) is 5.33. The molecule has 1 aromatic carbocycles. The lowest BCUT2D eigenvalue weighted by atomic mass is 10.2. The van der Waals surface area contributed by atoms with E-state index in [-0.39, 0.29) is 5.69 Å². The van der Waals surface area contributed by atoms with Crippen molar-refractivity contribution in [1.82, 2.24) is 9.55 Å². The Kier molecular flexibility index (Phi) is 4.49. The van der Waals surface area contributed by atoms with E-state index in [0.29, 0.717) is 6.04 Å². The van der Waals surface area contributed by atoms with Gasteiger partial charge in [-0.25, -0.2) is 4.79 Å². The summed E-state index contributed by atoms with van der Waals surface area (Å²) in [5.74, 6) is 0.882. The Morgan fingerprint density at radius 3 is 2.62 bits per heavy atom. The Bertz CT molecular complexity index is 789. The minimum atomic E-state index is -0.0195. The third-order valence-corrected chi connectivity index (χ3v) is 6.42. The fourth-order valence-electron chi connectivity index (χ4n) is 4.04. The molecule has 1 aromatic heterocycles. The van der Waals surface area contributed by atoms with Gasteiger partial charge in [0.25, 0.3) is 0 Å². The Morgan fingerprint density at radius 2 is 1.88 bits per heavy atom. The van der Waals surface area contributed by atoms with Crippen LogP contribution in [0.15, 0.2) is 34.1 Å². The molecule has 0 radical (unpaired) electrons. The first-order valence-corrected chi connectivity index (χ1v) is 10.0. The maximum atomic E-state index is 12.7. The maximum Gasteiger partial charge on any atom is 0.349 e. The number of rotatable bonds is 4. The molecule has 0 spiro atoms. The third kappa shape index (κ3) is 3.04. The van der Waals surface area contributed by atoms with Crippen molar-refractivity contribution in [3.05, 3.63) is 57.1 Å². The second kappa shape index (κ2) is 6.75. The fourth-order valence-corrected chi connectivity index (χ4v) is 5.07. The van der Waals surface area contributed by atoms with Gasteiger partial charge in [0.2, 0.25) is 0 Å². The molecule has 1 fully saturated rings. The van der Waals surface area contributed by atoms with E-state index in [4.69, 9.17) is 0 Å². The maximum absolute atomic E-state index is 12.7. The number of nitrogens with zero attached hydrogens (tertiary/aromatic N) is 2. The molecular formula is C20H24N2OS. The first kappa shape index (κ1) is 15.9. The van der Waals surface area contributed by atoms with Crippen molar-refractivity contribution in [2.45, 2.75) is 68.7 Å². The van der Waals surface area contributed by atoms with Crippen LogP contribution in [0.5, 0.6) is 0 Å². The summed E-state index contributed by atoms with van der Waals surface area (Å²) in [7, 11) is 0. The summed E-state index contributed by atoms with van der Waals surface area (Å²) in [6.07, 6.45) is 8.05. The van der Waals surface area contributed by atoms with E-state index in [1.807, 2.05) is 4.57 Å². The van der Waals surface area contributed by atoms with Crippen molar-refractivity contribution >= 4 is 11.8 Å². The van der Waals surface area contributed by atoms with Gasteiger partial charge in [0, 0.05) is 23.1 Å². The first-order valence-electron chi connectivity index (χ1n) is 9.05. The molecule has 126 valence electrons. The van der Waals surface area contributed by atoms with E-state index in [1.165, 1.54) is 35.2 Å². The lowest BCUT2D eigenvalue weighted by molar-refractivity contribution is 0.471. The minimum absolute atomic E-state index is 0.0195. The van der Waals surface area contributed by atoms with Crippen LogP contribution >= 0.6 is 11.8 Å². The van der Waals surface area contributed by atoms with Crippen LogP contribution in [-0.2, 0) is 18.6 Å². The van der Waals surface area contributed by atoms with Crippen molar-refractivity contribution in [1.29, 1.82) is 0 Å². The summed E-state index contributed by atoms with van der Waals surface area (Å²) >= 11 is 1.73. The van der Waals surface area contributed by atoms with Crippen LogP contribution in [0.4, 0.5) is 0 Å². The highest BCUT2D eigenvalue weighted by Crippen LogP contribution is 2.35. The van der Waals surface area contributed by atoms with E-state index in [9.17, 15) is 4.79 Å². The molecule has 0 saturated heterocycles. The van der Waals surface area contributed by atoms with Gasteiger partial charge >= 0.3 is 5.69 Å². The van der Waals surface area contributed by atoms with Gasteiger partial charge in [-0.05, 0) is 44.6 Å². The van der Waals surface area contributed by atoms with E-state index < -0.39 is 0 Å². The average molecular weight is 340 g/mol. The summed E-state index contributed by atoms with van der Waals surface area (Å²) in [6.45, 7) is 2.11. The Balaban J connectivity index is 1.62. The molecule has 3 nitrogen and oxygen atoms in total. The average Bonchev–Trinajstić information content (AvgIpc) is 3.25. The van der Waals surface area contributed by atoms with Gasteiger partial charge in [-0.15, -0.1) is 11.8 Å². The monoisotopic (exact) mass is 340 g/mol. The summed E-state index contributed by atoms with van der Waals surface area (Å²) in [5.41, 5.74) is 5.18. The molecule has 1 saturated carbocycles. The molecule has 0 aliphatic heterocycles. The summed E-state index contributed by atoms with van der Waals surface area (Å²) in [4.78, 5) is 17.2. The van der Waals surface area contributed by atoms with E-state index in [0.717, 1.165) is 42.9 Å². The van der Waals surface area contributed by atoms with Crippen LogP contribution in [0.3, 0.4) is 0 Å². The molecule has 4 heteroatoms. The summed E-state index contributed by atoms with van der Waals surface area (Å²) in [6, 6.07) is 9.02. The highest BCUT2D eigenvalue weighted by Gasteiger charge is 2.27. The van der Waals surface area contributed by atoms with Crippen LogP contribution in [0.25, 0.3) is 0 Å². The lowest BCUT2D eigenvalue weighted by Crippen LogP contribution is -2.29. The van der Waals surface area contributed by atoms with Crippen molar-refractivity contribution in [3.8, 4) is 0 Å². The van der Waals surface area contributed by atoms with Gasteiger partial charge in [0.05, 0.1) is 0 Å². The van der Waals surface area contributed by atoms with Crippen LogP contribution in [-0.4, -0.2) is 9.55 Å². The number of aromatic nitrogens is 2. The highest BCUT2D eigenvalue weighted by atomic mass is 32.2. The Morgan fingerprint density at radius 1 is 1.12 bits per heavy atom. The molecular weight excluding hydrogens is 316 g/mol. The second-order valence-electron chi connectivity index (χ2n) is 7.06. The zero-order valence-corrected chi connectivity index (χ0v) is 15.1. The minimum Gasteiger partial charge on any atom is -0.293 e. The van der Waals surface area contributed by atoms with Gasteiger partial charge in [-0.3, -0.25) is 4.57 Å². The van der Waals surface area contributed by atoms with E-state index in [1.54, 1.807) is 11.8 Å². The molecule has 0 bridgehead atoms. The van der Waals surface area contributed by atoms with Crippen molar-refractivity contribution in [2.75, 3.05) is 0 Å². The predicted molar refractivity (Wildman–Crippen MR) is 98.8 cm³/mol. The molecule has 0 unspecified atom stereocenters. The number of hydrogen-bond donors (Lipinski definition) is 0. The molecule has 4 rings (SSSR count). The Labute approximate surface area is 147 Å². The van der Waals surface area contributed by atoms with Crippen LogP contribution < -0.4 is 5.69 Å². The van der Waals surface area contributed by atoms with Gasteiger partial charge in [0.15, 0.2) is 0 Å². The number of hydrogen-bond acceptors (Lipinski definition) is 3. The van der Waals surface area contributed by atoms with Gasteiger partial charge < -0.3 is 0 Å². The zero-order chi connectivity index (χ0) is 16.5. The Hall–Kier alpha value is -1.55. The topological polar surface area (TPSA) is 34.9 Å². The number of benzene rings is 1. The SMILES string of the molecule is Cc1ccc(CSc2nc(=O)n(C3CCCC3)c3c2CCC3)cc1. The number of thioether (sulfide) groups is 1. The lowest BCUT2D eigenvalue weighted by Gasteiger charge is -2.19. The number of aryl methyl sites for hydroxylation is 1. The quantitative estimate of drug-likeness (QED) is 0.609. The normalized spacial score (nSPS) is 17.4. The van der Waals surface area contributed by atoms with Crippen molar-refractivity contribution in [2.24, 2.45) is 0 Å². The molecule has 0 amide bonds. The van der Waals surface area contributed by atoms with Gasteiger partial charge in [0.1, 0.15) is 5.03 Å². The van der Waals surface area contributed by atoms with Crippen LogP contribution in [0, 0.1) is 6.92 Å². The smallest absolute Gasteiger partial charge is 0.293 e. The fraction of sp³-hybridized carbons (Fsp3) is 0.500. The standard InChI is InChI=1S/C20H24N2OS/c1-14-9-11-15(12-10-14)13-24-19-17-7-4-8-18(17)22(20(23)21-19)16-5-2-3-6-16/h9-12,16H,2-8,13H2,1H3. The molecule has 24 heavy (non-hydrogen) atoms. The van der Waals surface area contributed by atoms with Crippen LogP contribution in [0.2, 0.25) is 0 Å². The predicted octanol–water partition coefficient (Wildman–Crippen LogP) is 4.45. The second-order valence-corrected chi connectivity index (χ2v) is 8.02. The van der Waals surface area contributed by atoms with E-state index >= 15 is 0 Å². The highest BCUT2D eigenvalue weighted by molar-refractivity contribution is 7.98. The van der Waals surface area contributed by atoms with Crippen LogP contribution in [0.1, 0.15) is 60.5 Å². The molecule has 2 aromatic rings. The van der Waals surface area contributed by atoms with Crippen molar-refractivity contribution < 1.29 is 0 Å². The largest absolute Gasteiger partial charge is 0.349 e. The molecule has 2 aliphatic rings. The van der Waals surface area contributed by atoms with Gasteiger partial charge in [-0.1, -0.05) is 42.7 Å². The zero-order valence-electron chi connectivity index (χ0n) is 14.3. The molecule has 0 N–H and O–H groups in total. The molecule has 0 atom stereocenters. The van der Waals surface area contributed by atoms with E-state index in [2.05, 4.69) is 36.2 Å². The van der Waals surface area contributed by atoms with Gasteiger partial charge in [-0.2, -0.15) is 4.98 Å². The summed E-state index contributed by atoms with van der Waals surface area (Å²) < 4.78 is 2.05.